The van der Waals surface area contributed by atoms with Crippen LogP contribution in [0, 0.1) is 0 Å². The molecule has 0 aliphatic heterocycles. The smallest absolute Gasteiger partial charge is 0.224 e. The normalized spacial score (nSPS) is 10.0. The van der Waals surface area contributed by atoms with Crippen LogP contribution >= 0.6 is 0 Å². The minimum absolute atomic E-state index is 0.479. The molecule has 0 saturated heterocycles. The van der Waals surface area contributed by atoms with Crippen LogP contribution in [-0.2, 0) is 0 Å². The Hall–Kier alpha value is -2.30. The van der Waals surface area contributed by atoms with Crippen molar-refractivity contribution in [2.24, 2.45) is 0 Å². The molecule has 0 amide bonds. The minimum Gasteiger partial charge on any atom is -0.490 e. The summed E-state index contributed by atoms with van der Waals surface area (Å²) in [6.45, 7) is 2.72. The Labute approximate surface area is 112 Å². The van der Waals surface area contributed by atoms with E-state index < -0.39 is 0 Å². The molecule has 0 saturated carbocycles. The van der Waals surface area contributed by atoms with Gasteiger partial charge in [0.2, 0.25) is 5.88 Å². The molecule has 0 fully saturated rings. The second-order valence-corrected chi connectivity index (χ2v) is 3.89. The van der Waals surface area contributed by atoms with E-state index in [0.717, 1.165) is 6.42 Å². The number of hydrogen-bond acceptors (Lipinski definition) is 5. The maximum atomic E-state index is 5.73. The number of aromatic nitrogens is 2. The zero-order chi connectivity index (χ0) is 13.5. The predicted octanol–water partition coefficient (Wildman–Crippen LogP) is 3.10. The van der Waals surface area contributed by atoms with Crippen molar-refractivity contribution in [3.63, 3.8) is 0 Å². The largest absolute Gasteiger partial charge is 0.490 e. The second kappa shape index (κ2) is 6.58. The molecule has 2 rings (SSSR count). The summed E-state index contributed by atoms with van der Waals surface area (Å²) in [5, 5.41) is 2.94. The highest BCUT2D eigenvalue weighted by molar-refractivity contribution is 5.43. The SMILES string of the molecule is CCCOc1ccccc1Oc1cc(NC)ncn1. The van der Waals surface area contributed by atoms with Crippen LogP contribution in [0.15, 0.2) is 36.7 Å². The lowest BCUT2D eigenvalue weighted by molar-refractivity contribution is 0.300. The molecule has 19 heavy (non-hydrogen) atoms. The molecule has 1 aromatic heterocycles. The molecule has 0 aliphatic rings. The number of nitrogens with zero attached hydrogens (tertiary/aromatic N) is 2. The second-order valence-electron chi connectivity index (χ2n) is 3.89. The summed E-state index contributed by atoms with van der Waals surface area (Å²) in [6, 6.07) is 9.28. The summed E-state index contributed by atoms with van der Waals surface area (Å²) in [5.74, 6) is 2.55. The molecule has 0 radical (unpaired) electrons. The first-order valence-corrected chi connectivity index (χ1v) is 6.23. The summed E-state index contributed by atoms with van der Waals surface area (Å²) in [4.78, 5) is 8.11. The van der Waals surface area contributed by atoms with Gasteiger partial charge in [-0.25, -0.2) is 9.97 Å². The fourth-order valence-electron chi connectivity index (χ4n) is 1.51. The molecule has 1 heterocycles. The fourth-order valence-corrected chi connectivity index (χ4v) is 1.51. The van der Waals surface area contributed by atoms with E-state index in [2.05, 4.69) is 22.2 Å². The van der Waals surface area contributed by atoms with Gasteiger partial charge in [0.1, 0.15) is 12.1 Å². The van der Waals surface area contributed by atoms with Crippen molar-refractivity contribution < 1.29 is 9.47 Å². The van der Waals surface area contributed by atoms with Crippen LogP contribution in [0.4, 0.5) is 5.82 Å². The van der Waals surface area contributed by atoms with Crippen molar-refractivity contribution in [1.82, 2.24) is 9.97 Å². The third-order valence-electron chi connectivity index (χ3n) is 2.42. The number of anilines is 1. The predicted molar refractivity (Wildman–Crippen MR) is 73.9 cm³/mol. The lowest BCUT2D eigenvalue weighted by Crippen LogP contribution is -1.99. The molecule has 0 aliphatic carbocycles. The Bertz CT molecular complexity index is 532. The Morgan fingerprint density at radius 1 is 1.16 bits per heavy atom. The highest BCUT2D eigenvalue weighted by Gasteiger charge is 2.06. The number of hydrogen-bond donors (Lipinski definition) is 1. The molecular weight excluding hydrogens is 242 g/mol. The van der Waals surface area contributed by atoms with Gasteiger partial charge in [0.25, 0.3) is 0 Å². The van der Waals surface area contributed by atoms with Crippen molar-refractivity contribution in [1.29, 1.82) is 0 Å². The van der Waals surface area contributed by atoms with Gasteiger partial charge >= 0.3 is 0 Å². The average molecular weight is 259 g/mol. The van der Waals surface area contributed by atoms with Gasteiger partial charge in [0.05, 0.1) is 6.61 Å². The first-order valence-electron chi connectivity index (χ1n) is 6.23. The fraction of sp³-hybridized carbons (Fsp3) is 0.286. The third-order valence-corrected chi connectivity index (χ3v) is 2.42. The summed E-state index contributed by atoms with van der Waals surface area (Å²) in [6.07, 6.45) is 2.41. The first kappa shape index (κ1) is 13.1. The molecular formula is C14H17N3O2. The van der Waals surface area contributed by atoms with Crippen LogP contribution < -0.4 is 14.8 Å². The Kier molecular flexibility index (Phi) is 4.55. The van der Waals surface area contributed by atoms with Crippen molar-refractivity contribution >= 4 is 5.82 Å². The Balaban J connectivity index is 2.17. The molecule has 0 bridgehead atoms. The number of rotatable bonds is 6. The summed E-state index contributed by atoms with van der Waals surface area (Å²) in [7, 11) is 1.80. The Morgan fingerprint density at radius 2 is 1.95 bits per heavy atom. The van der Waals surface area contributed by atoms with Gasteiger partial charge in [-0.3, -0.25) is 0 Å². The monoisotopic (exact) mass is 259 g/mol. The van der Waals surface area contributed by atoms with E-state index in [0.29, 0.717) is 29.8 Å². The molecule has 1 aromatic carbocycles. The van der Waals surface area contributed by atoms with E-state index in [1.54, 1.807) is 13.1 Å². The molecule has 0 atom stereocenters. The van der Waals surface area contributed by atoms with Gasteiger partial charge in [-0.2, -0.15) is 0 Å². The van der Waals surface area contributed by atoms with Crippen LogP contribution in [0.2, 0.25) is 0 Å². The molecule has 5 heteroatoms. The van der Waals surface area contributed by atoms with Gasteiger partial charge in [-0.05, 0) is 18.6 Å². The van der Waals surface area contributed by atoms with Crippen LogP contribution in [0.3, 0.4) is 0 Å². The van der Waals surface area contributed by atoms with Gasteiger partial charge in [0.15, 0.2) is 11.5 Å². The molecule has 5 nitrogen and oxygen atoms in total. The molecule has 0 unspecified atom stereocenters. The van der Waals surface area contributed by atoms with Crippen LogP contribution in [0.1, 0.15) is 13.3 Å². The topological polar surface area (TPSA) is 56.3 Å². The maximum absolute atomic E-state index is 5.73. The number of benzene rings is 1. The van der Waals surface area contributed by atoms with Crippen molar-refractivity contribution in [3.8, 4) is 17.4 Å². The van der Waals surface area contributed by atoms with E-state index in [1.807, 2.05) is 24.3 Å². The van der Waals surface area contributed by atoms with Gasteiger partial charge in [-0.15, -0.1) is 0 Å². The zero-order valence-corrected chi connectivity index (χ0v) is 11.1. The third kappa shape index (κ3) is 3.58. The summed E-state index contributed by atoms with van der Waals surface area (Å²) in [5.41, 5.74) is 0. The van der Waals surface area contributed by atoms with Gasteiger partial charge < -0.3 is 14.8 Å². The van der Waals surface area contributed by atoms with Gasteiger partial charge in [-0.1, -0.05) is 19.1 Å². The van der Waals surface area contributed by atoms with E-state index in [-0.39, 0.29) is 0 Å². The maximum Gasteiger partial charge on any atom is 0.224 e. The number of ether oxygens (including phenoxy) is 2. The molecule has 100 valence electrons. The summed E-state index contributed by atoms with van der Waals surface area (Å²) >= 11 is 0. The molecule has 0 spiro atoms. The van der Waals surface area contributed by atoms with Crippen LogP contribution in [0.25, 0.3) is 0 Å². The standard InChI is InChI=1S/C14H17N3O2/c1-3-8-18-11-6-4-5-7-12(11)19-14-9-13(15-2)16-10-17-14/h4-7,9-10H,3,8H2,1-2H3,(H,15,16,17). The van der Waals surface area contributed by atoms with E-state index >= 15 is 0 Å². The average Bonchev–Trinajstić information content (AvgIpc) is 2.46. The van der Waals surface area contributed by atoms with Crippen LogP contribution in [0.5, 0.6) is 17.4 Å². The quantitative estimate of drug-likeness (QED) is 0.863. The lowest BCUT2D eigenvalue weighted by Gasteiger charge is -2.11. The van der Waals surface area contributed by atoms with Gasteiger partial charge in [0, 0.05) is 13.1 Å². The van der Waals surface area contributed by atoms with E-state index in [9.17, 15) is 0 Å². The van der Waals surface area contributed by atoms with Crippen molar-refractivity contribution in [3.05, 3.63) is 36.7 Å². The van der Waals surface area contributed by atoms with E-state index in [4.69, 9.17) is 9.47 Å². The molecule has 2 aromatic rings. The number of para-hydroxylation sites is 2. The Morgan fingerprint density at radius 3 is 2.68 bits per heavy atom. The van der Waals surface area contributed by atoms with Crippen molar-refractivity contribution in [2.75, 3.05) is 19.0 Å². The first-order chi connectivity index (χ1) is 9.33. The number of nitrogens with one attached hydrogen (secondary N) is 1. The van der Waals surface area contributed by atoms with Crippen molar-refractivity contribution in [2.45, 2.75) is 13.3 Å². The van der Waals surface area contributed by atoms with Crippen LogP contribution in [-0.4, -0.2) is 23.6 Å². The lowest BCUT2D eigenvalue weighted by atomic mass is 10.3. The summed E-state index contributed by atoms with van der Waals surface area (Å²) < 4.78 is 11.4. The zero-order valence-electron chi connectivity index (χ0n) is 11.1. The van der Waals surface area contributed by atoms with E-state index in [1.165, 1.54) is 6.33 Å². The molecule has 1 N–H and O–H groups in total. The highest BCUT2D eigenvalue weighted by atomic mass is 16.5. The highest BCUT2D eigenvalue weighted by Crippen LogP contribution is 2.30. The minimum atomic E-state index is 0.479.